The van der Waals surface area contributed by atoms with Crippen molar-refractivity contribution in [2.24, 2.45) is 0 Å². The number of esters is 1. The van der Waals surface area contributed by atoms with Crippen LogP contribution in [0.5, 0.6) is 5.75 Å². The number of carbonyl (C=O) groups excluding carboxylic acids is 1. The smallest absolute Gasteiger partial charge is 0.306 e. The molecule has 0 aliphatic heterocycles. The third kappa shape index (κ3) is 4.09. The van der Waals surface area contributed by atoms with Gasteiger partial charge >= 0.3 is 5.97 Å². The maximum Gasteiger partial charge on any atom is 0.306 e. The van der Waals surface area contributed by atoms with E-state index in [-0.39, 0.29) is 11.9 Å². The van der Waals surface area contributed by atoms with E-state index >= 15 is 0 Å². The molecule has 0 saturated carbocycles. The number of carbonyl (C=O) groups is 1. The average molecular weight is 284 g/mol. The molecule has 110 valence electrons. The highest BCUT2D eigenvalue weighted by atomic mass is 16.5. The topological polar surface area (TPSA) is 35.5 Å². The molecule has 0 saturated heterocycles. The Labute approximate surface area is 125 Å². The molecule has 0 aliphatic carbocycles. The molecule has 0 fully saturated rings. The van der Waals surface area contributed by atoms with E-state index in [1.807, 2.05) is 61.5 Å². The summed E-state index contributed by atoms with van der Waals surface area (Å²) in [4.78, 5) is 11.9. The van der Waals surface area contributed by atoms with E-state index in [0.717, 1.165) is 16.9 Å². The van der Waals surface area contributed by atoms with E-state index < -0.39 is 0 Å². The second-order valence-electron chi connectivity index (χ2n) is 4.75. The van der Waals surface area contributed by atoms with Crippen molar-refractivity contribution in [3.8, 4) is 5.75 Å². The van der Waals surface area contributed by atoms with Crippen molar-refractivity contribution in [1.29, 1.82) is 0 Å². The van der Waals surface area contributed by atoms with Crippen LogP contribution in [0.4, 0.5) is 0 Å². The van der Waals surface area contributed by atoms with Gasteiger partial charge in [0.25, 0.3) is 0 Å². The van der Waals surface area contributed by atoms with Gasteiger partial charge in [0.05, 0.1) is 20.1 Å². The van der Waals surface area contributed by atoms with Crippen LogP contribution in [0, 0.1) is 0 Å². The third-order valence-corrected chi connectivity index (χ3v) is 3.37. The third-order valence-electron chi connectivity index (χ3n) is 3.37. The van der Waals surface area contributed by atoms with Crippen LogP contribution in [0.3, 0.4) is 0 Å². The zero-order valence-corrected chi connectivity index (χ0v) is 12.4. The molecular formula is C18H20O3. The highest BCUT2D eigenvalue weighted by molar-refractivity contribution is 5.71. The molecule has 1 atom stereocenters. The van der Waals surface area contributed by atoms with Crippen molar-refractivity contribution in [2.75, 3.05) is 13.7 Å². The molecule has 0 N–H and O–H groups in total. The van der Waals surface area contributed by atoms with E-state index in [1.54, 1.807) is 7.11 Å². The summed E-state index contributed by atoms with van der Waals surface area (Å²) in [5.41, 5.74) is 2.15. The van der Waals surface area contributed by atoms with Gasteiger partial charge in [0.2, 0.25) is 0 Å². The number of hydrogen-bond donors (Lipinski definition) is 0. The predicted molar refractivity (Wildman–Crippen MR) is 82.5 cm³/mol. The zero-order valence-electron chi connectivity index (χ0n) is 12.4. The van der Waals surface area contributed by atoms with E-state index in [2.05, 4.69) is 0 Å². The average Bonchev–Trinajstić information content (AvgIpc) is 2.54. The van der Waals surface area contributed by atoms with Gasteiger partial charge < -0.3 is 9.47 Å². The highest BCUT2D eigenvalue weighted by Gasteiger charge is 2.19. The molecule has 2 aromatic carbocycles. The van der Waals surface area contributed by atoms with Gasteiger partial charge in [0, 0.05) is 5.92 Å². The molecule has 0 heterocycles. The lowest BCUT2D eigenvalue weighted by Gasteiger charge is -2.18. The standard InChI is InChI=1S/C18H20O3/c1-3-21-18(19)13-17(14-8-5-4-6-9-14)15-10-7-11-16(12-15)20-2/h4-12,17H,3,13H2,1-2H3/t17-/m1/s1. The number of methoxy groups -OCH3 is 1. The van der Waals surface area contributed by atoms with Crippen LogP contribution in [0.15, 0.2) is 54.6 Å². The molecule has 0 amide bonds. The van der Waals surface area contributed by atoms with Crippen LogP contribution in [0.1, 0.15) is 30.4 Å². The SMILES string of the molecule is CCOC(=O)C[C@H](c1ccccc1)c1cccc(OC)c1. The lowest BCUT2D eigenvalue weighted by molar-refractivity contribution is -0.143. The van der Waals surface area contributed by atoms with Crippen molar-refractivity contribution in [3.05, 3.63) is 65.7 Å². The Kier molecular flexibility index (Phi) is 5.38. The first kappa shape index (κ1) is 15.1. The number of ether oxygens (including phenoxy) is 2. The fourth-order valence-corrected chi connectivity index (χ4v) is 2.36. The molecule has 0 unspecified atom stereocenters. The van der Waals surface area contributed by atoms with E-state index in [4.69, 9.17) is 9.47 Å². The van der Waals surface area contributed by atoms with E-state index in [9.17, 15) is 4.79 Å². The van der Waals surface area contributed by atoms with Crippen molar-refractivity contribution >= 4 is 5.97 Å². The Hall–Kier alpha value is -2.29. The number of benzene rings is 2. The Morgan fingerprint density at radius 2 is 1.76 bits per heavy atom. The summed E-state index contributed by atoms with van der Waals surface area (Å²) in [6, 6.07) is 17.8. The van der Waals surface area contributed by atoms with Crippen LogP contribution < -0.4 is 4.74 Å². The molecule has 0 spiro atoms. The maximum absolute atomic E-state index is 11.9. The van der Waals surface area contributed by atoms with Crippen LogP contribution >= 0.6 is 0 Å². The molecule has 2 aromatic rings. The fraction of sp³-hybridized carbons (Fsp3) is 0.278. The molecular weight excluding hydrogens is 264 g/mol. The van der Waals surface area contributed by atoms with E-state index in [1.165, 1.54) is 0 Å². The maximum atomic E-state index is 11.9. The fourth-order valence-electron chi connectivity index (χ4n) is 2.36. The first-order chi connectivity index (χ1) is 10.2. The Morgan fingerprint density at radius 3 is 2.43 bits per heavy atom. The first-order valence-corrected chi connectivity index (χ1v) is 7.09. The lowest BCUT2D eigenvalue weighted by atomic mass is 9.88. The normalized spacial score (nSPS) is 11.7. The molecule has 3 nitrogen and oxygen atoms in total. The van der Waals surface area contributed by atoms with Gasteiger partial charge in [-0.05, 0) is 30.2 Å². The molecule has 0 bridgehead atoms. The highest BCUT2D eigenvalue weighted by Crippen LogP contribution is 2.30. The summed E-state index contributed by atoms with van der Waals surface area (Å²) in [5, 5.41) is 0. The van der Waals surface area contributed by atoms with Crippen molar-refractivity contribution in [3.63, 3.8) is 0 Å². The first-order valence-electron chi connectivity index (χ1n) is 7.09. The van der Waals surface area contributed by atoms with Gasteiger partial charge in [-0.3, -0.25) is 4.79 Å². The minimum absolute atomic E-state index is 0.0275. The summed E-state index contributed by atoms with van der Waals surface area (Å²) in [6.45, 7) is 2.22. The number of hydrogen-bond acceptors (Lipinski definition) is 3. The van der Waals surface area contributed by atoms with Gasteiger partial charge in [-0.2, -0.15) is 0 Å². The van der Waals surface area contributed by atoms with Crippen LogP contribution in [0.2, 0.25) is 0 Å². The summed E-state index contributed by atoms with van der Waals surface area (Å²) < 4.78 is 10.4. The van der Waals surface area contributed by atoms with Gasteiger partial charge in [-0.1, -0.05) is 42.5 Å². The molecule has 0 aromatic heterocycles. The summed E-state index contributed by atoms with van der Waals surface area (Å²) in [6.07, 6.45) is 0.324. The van der Waals surface area contributed by atoms with Gasteiger partial charge in [0.15, 0.2) is 0 Å². The van der Waals surface area contributed by atoms with Gasteiger partial charge in [-0.15, -0.1) is 0 Å². The Morgan fingerprint density at radius 1 is 1.05 bits per heavy atom. The summed E-state index contributed by atoms with van der Waals surface area (Å²) >= 11 is 0. The second kappa shape index (κ2) is 7.48. The van der Waals surface area contributed by atoms with Crippen molar-refractivity contribution in [2.45, 2.75) is 19.3 Å². The number of rotatable bonds is 6. The van der Waals surface area contributed by atoms with Crippen LogP contribution in [0.25, 0.3) is 0 Å². The molecule has 0 radical (unpaired) electrons. The summed E-state index contributed by atoms with van der Waals surface area (Å²) in [5.74, 6) is 0.576. The minimum atomic E-state index is -0.186. The Bertz CT molecular complexity index is 578. The van der Waals surface area contributed by atoms with Crippen molar-refractivity contribution < 1.29 is 14.3 Å². The quantitative estimate of drug-likeness (QED) is 0.757. The summed E-state index contributed by atoms with van der Waals surface area (Å²) in [7, 11) is 1.64. The molecule has 0 aliphatic rings. The van der Waals surface area contributed by atoms with Crippen LogP contribution in [-0.2, 0) is 9.53 Å². The van der Waals surface area contributed by atoms with E-state index in [0.29, 0.717) is 13.0 Å². The lowest BCUT2D eigenvalue weighted by Crippen LogP contribution is -2.11. The Balaban J connectivity index is 2.33. The van der Waals surface area contributed by atoms with Crippen molar-refractivity contribution in [1.82, 2.24) is 0 Å². The molecule has 3 heteroatoms. The predicted octanol–water partition coefficient (Wildman–Crippen LogP) is 3.78. The second-order valence-corrected chi connectivity index (χ2v) is 4.75. The molecule has 21 heavy (non-hydrogen) atoms. The van der Waals surface area contributed by atoms with Crippen LogP contribution in [-0.4, -0.2) is 19.7 Å². The minimum Gasteiger partial charge on any atom is -0.497 e. The largest absolute Gasteiger partial charge is 0.497 e. The molecule has 2 rings (SSSR count). The van der Waals surface area contributed by atoms with Gasteiger partial charge in [0.1, 0.15) is 5.75 Å². The van der Waals surface area contributed by atoms with Gasteiger partial charge in [-0.25, -0.2) is 0 Å². The zero-order chi connectivity index (χ0) is 15.1. The monoisotopic (exact) mass is 284 g/mol.